The molecule has 0 amide bonds. The van der Waals surface area contributed by atoms with Gasteiger partial charge in [0.25, 0.3) is 0 Å². The number of rotatable bonds is 7. The molecule has 2 aromatic heterocycles. The summed E-state index contributed by atoms with van der Waals surface area (Å²) in [5, 5.41) is 12.4. The number of nitriles is 1. The molecule has 2 aromatic carbocycles. The summed E-state index contributed by atoms with van der Waals surface area (Å²) in [7, 11) is 3.98. The molecule has 2 heterocycles. The van der Waals surface area contributed by atoms with Crippen molar-refractivity contribution in [2.24, 2.45) is 0 Å². The van der Waals surface area contributed by atoms with Crippen LogP contribution >= 0.6 is 0 Å². The van der Waals surface area contributed by atoms with E-state index >= 15 is 0 Å². The Bertz CT molecular complexity index is 1330. The van der Waals surface area contributed by atoms with Gasteiger partial charge in [-0.1, -0.05) is 24.3 Å². The van der Waals surface area contributed by atoms with Gasteiger partial charge in [0.05, 0.1) is 51.8 Å². The summed E-state index contributed by atoms with van der Waals surface area (Å²) in [5.74, 6) is 0. The summed E-state index contributed by atoms with van der Waals surface area (Å²) in [4.78, 5) is 6.60. The molecule has 0 unspecified atom stereocenters. The quantitative estimate of drug-likeness (QED) is 0.353. The van der Waals surface area contributed by atoms with Crippen LogP contribution in [0.15, 0.2) is 79.0 Å². The van der Waals surface area contributed by atoms with Crippen molar-refractivity contribution < 1.29 is 13.2 Å². The van der Waals surface area contributed by atoms with Gasteiger partial charge in [-0.3, -0.25) is 4.98 Å². The number of nitrogens with one attached hydrogen (secondary N) is 1. The summed E-state index contributed by atoms with van der Waals surface area (Å²) in [5.41, 5.74) is 2.90. The minimum absolute atomic E-state index is 0.00865. The first-order valence-corrected chi connectivity index (χ1v) is 11.0. The highest BCUT2D eigenvalue weighted by Gasteiger charge is 2.34. The van der Waals surface area contributed by atoms with Crippen LogP contribution in [0.25, 0.3) is 28.3 Å². The van der Waals surface area contributed by atoms with E-state index in [2.05, 4.69) is 21.3 Å². The monoisotopic (exact) mass is 475 g/mol. The van der Waals surface area contributed by atoms with Gasteiger partial charge in [-0.15, -0.1) is 0 Å². The van der Waals surface area contributed by atoms with E-state index in [0.717, 1.165) is 24.8 Å². The van der Waals surface area contributed by atoms with Gasteiger partial charge in [0, 0.05) is 13.1 Å². The van der Waals surface area contributed by atoms with Crippen molar-refractivity contribution >= 4 is 5.69 Å². The zero-order valence-corrected chi connectivity index (χ0v) is 19.3. The Hall–Kier alpha value is -4.09. The number of para-hydroxylation sites is 1. The van der Waals surface area contributed by atoms with Crippen LogP contribution in [0.1, 0.15) is 11.1 Å². The van der Waals surface area contributed by atoms with Crippen molar-refractivity contribution in [3.05, 3.63) is 90.1 Å². The number of likely N-dealkylation sites (N-methyl/N-ethyl adjacent to an activating group) is 1. The molecule has 1 N–H and O–H groups in total. The van der Waals surface area contributed by atoms with E-state index < -0.39 is 11.7 Å². The van der Waals surface area contributed by atoms with Gasteiger partial charge in [0.15, 0.2) is 0 Å². The summed E-state index contributed by atoms with van der Waals surface area (Å²) >= 11 is 0. The molecule has 0 atom stereocenters. The van der Waals surface area contributed by atoms with Crippen LogP contribution in [0.2, 0.25) is 0 Å². The van der Waals surface area contributed by atoms with E-state index in [0.29, 0.717) is 28.2 Å². The van der Waals surface area contributed by atoms with Crippen LogP contribution in [0.4, 0.5) is 18.9 Å². The number of alkyl halides is 3. The first-order valence-electron chi connectivity index (χ1n) is 11.0. The number of halogens is 3. The van der Waals surface area contributed by atoms with Crippen molar-refractivity contribution in [1.29, 1.82) is 5.26 Å². The fourth-order valence-corrected chi connectivity index (χ4v) is 3.82. The van der Waals surface area contributed by atoms with Crippen molar-refractivity contribution in [2.75, 3.05) is 32.5 Å². The maximum absolute atomic E-state index is 14.0. The van der Waals surface area contributed by atoms with Crippen LogP contribution in [-0.2, 0) is 6.18 Å². The van der Waals surface area contributed by atoms with Crippen LogP contribution < -0.4 is 5.32 Å². The Morgan fingerprint density at radius 1 is 0.943 bits per heavy atom. The molecule has 0 fully saturated rings. The van der Waals surface area contributed by atoms with E-state index in [1.165, 1.54) is 12.1 Å². The van der Waals surface area contributed by atoms with Crippen molar-refractivity contribution in [3.63, 3.8) is 0 Å². The maximum Gasteiger partial charge on any atom is 0.418 e. The lowest BCUT2D eigenvalue weighted by molar-refractivity contribution is -0.137. The topological polar surface area (TPSA) is 56.9 Å². The van der Waals surface area contributed by atoms with Crippen molar-refractivity contribution in [1.82, 2.24) is 14.5 Å². The fraction of sp³-hybridized carbons (Fsp3) is 0.185. The molecule has 0 saturated heterocycles. The summed E-state index contributed by atoms with van der Waals surface area (Å²) in [6, 6.07) is 21.5. The number of pyridine rings is 1. The largest absolute Gasteiger partial charge is 0.418 e. The van der Waals surface area contributed by atoms with E-state index in [1.54, 1.807) is 59.3 Å². The molecule has 0 aliphatic carbocycles. The molecule has 35 heavy (non-hydrogen) atoms. The zero-order valence-electron chi connectivity index (χ0n) is 19.3. The van der Waals surface area contributed by atoms with Gasteiger partial charge >= 0.3 is 6.18 Å². The highest BCUT2D eigenvalue weighted by molar-refractivity contribution is 5.73. The third-order valence-corrected chi connectivity index (χ3v) is 5.56. The molecule has 0 saturated carbocycles. The number of hydrogen-bond acceptors (Lipinski definition) is 4. The molecule has 8 heteroatoms. The lowest BCUT2D eigenvalue weighted by atomic mass is 10.1. The molecule has 0 spiro atoms. The van der Waals surface area contributed by atoms with Gasteiger partial charge in [-0.05, 0) is 68.2 Å². The fourth-order valence-electron chi connectivity index (χ4n) is 3.82. The third kappa shape index (κ3) is 5.36. The number of nitrogens with zero attached hydrogens (tertiary/aromatic N) is 4. The molecule has 0 radical (unpaired) electrons. The number of hydrogen-bond donors (Lipinski definition) is 1. The Kier molecular flexibility index (Phi) is 6.90. The first kappa shape index (κ1) is 24.0. The third-order valence-electron chi connectivity index (χ3n) is 5.56. The van der Waals surface area contributed by atoms with E-state index in [4.69, 9.17) is 5.26 Å². The molecule has 0 bridgehead atoms. The van der Waals surface area contributed by atoms with Crippen molar-refractivity contribution in [3.8, 4) is 34.4 Å². The van der Waals surface area contributed by atoms with Gasteiger partial charge in [0.1, 0.15) is 0 Å². The molecule has 0 aliphatic rings. The molecule has 4 rings (SSSR count). The summed E-state index contributed by atoms with van der Waals surface area (Å²) < 4.78 is 43.5. The lowest BCUT2D eigenvalue weighted by Crippen LogP contribution is -2.20. The highest BCUT2D eigenvalue weighted by Crippen LogP contribution is 2.39. The van der Waals surface area contributed by atoms with Crippen LogP contribution in [-0.4, -0.2) is 41.6 Å². The second-order valence-corrected chi connectivity index (χ2v) is 8.31. The summed E-state index contributed by atoms with van der Waals surface area (Å²) in [6.07, 6.45) is -2.85. The number of anilines is 1. The Morgan fingerprint density at radius 2 is 1.66 bits per heavy atom. The Balaban J connectivity index is 1.82. The molecular formula is C27H24F3N5. The standard InChI is InChI=1S/C27H24F3N5/c1-34(2)16-15-32-21-11-12-23(33-18-21)26-14-13-24(20-9-7-19(17-31)8-10-20)35(26)25-6-4-3-5-22(25)27(28,29)30/h3-14,18,32H,15-16H2,1-2H3. The Morgan fingerprint density at radius 3 is 2.29 bits per heavy atom. The predicted molar refractivity (Wildman–Crippen MR) is 131 cm³/mol. The Labute approximate surface area is 202 Å². The van der Waals surface area contributed by atoms with E-state index in [-0.39, 0.29) is 5.69 Å². The van der Waals surface area contributed by atoms with E-state index in [1.807, 2.05) is 20.2 Å². The number of benzene rings is 2. The highest BCUT2D eigenvalue weighted by atomic mass is 19.4. The molecule has 5 nitrogen and oxygen atoms in total. The van der Waals surface area contributed by atoms with E-state index in [9.17, 15) is 13.2 Å². The first-order chi connectivity index (χ1) is 16.8. The van der Waals surface area contributed by atoms with Crippen LogP contribution in [0.3, 0.4) is 0 Å². The SMILES string of the molecule is CN(C)CCNc1ccc(-c2ccc(-c3ccc(C#N)cc3)n2-c2ccccc2C(F)(F)F)nc1. The molecular weight excluding hydrogens is 451 g/mol. The zero-order chi connectivity index (χ0) is 25.0. The average molecular weight is 476 g/mol. The average Bonchev–Trinajstić information content (AvgIpc) is 3.29. The van der Waals surface area contributed by atoms with Gasteiger partial charge < -0.3 is 14.8 Å². The van der Waals surface area contributed by atoms with Gasteiger partial charge in [0.2, 0.25) is 0 Å². The smallest absolute Gasteiger partial charge is 0.383 e. The molecule has 0 aliphatic heterocycles. The molecule has 4 aromatic rings. The minimum Gasteiger partial charge on any atom is -0.383 e. The minimum atomic E-state index is -4.53. The second kappa shape index (κ2) is 10.0. The second-order valence-electron chi connectivity index (χ2n) is 8.31. The number of aromatic nitrogens is 2. The predicted octanol–water partition coefficient (Wildman–Crippen LogP) is 6.07. The maximum atomic E-state index is 14.0. The van der Waals surface area contributed by atoms with Crippen molar-refractivity contribution in [2.45, 2.75) is 6.18 Å². The summed E-state index contributed by atoms with van der Waals surface area (Å²) in [6.45, 7) is 1.60. The molecule has 178 valence electrons. The van der Waals surface area contributed by atoms with Crippen LogP contribution in [0.5, 0.6) is 0 Å². The van der Waals surface area contributed by atoms with Gasteiger partial charge in [-0.2, -0.15) is 18.4 Å². The van der Waals surface area contributed by atoms with Gasteiger partial charge in [-0.25, -0.2) is 0 Å². The lowest BCUT2D eigenvalue weighted by Gasteiger charge is -2.19. The normalized spacial score (nSPS) is 11.5. The van der Waals surface area contributed by atoms with Crippen LogP contribution in [0, 0.1) is 11.3 Å².